The molecule has 1 aliphatic carbocycles. The standard InChI is InChI=1S/C14H21NO3S/c1-18-12-14(8-5-9-14)11-15-19(16,17)10-13-6-3-2-4-7-13/h2-4,6-7,15H,5,8-12H2,1H3. The van der Waals surface area contributed by atoms with E-state index in [4.69, 9.17) is 4.74 Å². The molecule has 0 aromatic heterocycles. The second-order valence-corrected chi connectivity index (χ2v) is 7.16. The van der Waals surface area contributed by atoms with Crippen molar-refractivity contribution in [1.29, 1.82) is 0 Å². The summed E-state index contributed by atoms with van der Waals surface area (Å²) in [7, 11) is -1.60. The molecule has 0 bridgehead atoms. The van der Waals surface area contributed by atoms with Gasteiger partial charge in [0.15, 0.2) is 0 Å². The van der Waals surface area contributed by atoms with E-state index >= 15 is 0 Å². The van der Waals surface area contributed by atoms with Crippen LogP contribution in [0, 0.1) is 5.41 Å². The molecule has 1 fully saturated rings. The van der Waals surface area contributed by atoms with Crippen molar-refractivity contribution in [1.82, 2.24) is 4.72 Å². The lowest BCUT2D eigenvalue weighted by Gasteiger charge is -2.41. The van der Waals surface area contributed by atoms with E-state index in [-0.39, 0.29) is 11.2 Å². The summed E-state index contributed by atoms with van der Waals surface area (Å²) in [4.78, 5) is 0. The zero-order valence-corrected chi connectivity index (χ0v) is 12.1. The molecule has 0 radical (unpaired) electrons. The van der Waals surface area contributed by atoms with Crippen LogP contribution in [0.15, 0.2) is 30.3 Å². The molecule has 106 valence electrons. The van der Waals surface area contributed by atoms with Crippen LogP contribution in [0.25, 0.3) is 0 Å². The summed E-state index contributed by atoms with van der Waals surface area (Å²) in [5, 5.41) is 0. The molecule has 1 aromatic carbocycles. The molecular formula is C14H21NO3S. The number of nitrogens with one attached hydrogen (secondary N) is 1. The molecule has 0 amide bonds. The lowest BCUT2D eigenvalue weighted by molar-refractivity contribution is 0.0220. The van der Waals surface area contributed by atoms with Crippen LogP contribution in [-0.4, -0.2) is 28.7 Å². The second kappa shape index (κ2) is 6.03. The van der Waals surface area contributed by atoms with E-state index in [0.29, 0.717) is 13.2 Å². The van der Waals surface area contributed by atoms with Gasteiger partial charge in [-0.1, -0.05) is 36.8 Å². The molecule has 5 heteroatoms. The van der Waals surface area contributed by atoms with Crippen molar-refractivity contribution in [2.24, 2.45) is 5.41 Å². The molecular weight excluding hydrogens is 262 g/mol. The van der Waals surface area contributed by atoms with E-state index in [1.807, 2.05) is 30.3 Å². The quantitative estimate of drug-likeness (QED) is 0.832. The zero-order chi connectivity index (χ0) is 13.8. The smallest absolute Gasteiger partial charge is 0.215 e. The molecule has 0 heterocycles. The lowest BCUT2D eigenvalue weighted by Crippen LogP contribution is -2.45. The third-order valence-electron chi connectivity index (χ3n) is 3.73. The lowest BCUT2D eigenvalue weighted by atomic mass is 9.69. The third-order valence-corrected chi connectivity index (χ3v) is 5.03. The van der Waals surface area contributed by atoms with Crippen molar-refractivity contribution >= 4 is 10.0 Å². The Morgan fingerprint density at radius 3 is 2.47 bits per heavy atom. The summed E-state index contributed by atoms with van der Waals surface area (Å²) in [5.74, 6) is 0.0386. The van der Waals surface area contributed by atoms with Crippen LogP contribution in [0.5, 0.6) is 0 Å². The van der Waals surface area contributed by atoms with Crippen LogP contribution in [0.2, 0.25) is 0 Å². The molecule has 19 heavy (non-hydrogen) atoms. The van der Waals surface area contributed by atoms with Crippen molar-refractivity contribution in [2.45, 2.75) is 25.0 Å². The molecule has 1 N–H and O–H groups in total. The summed E-state index contributed by atoms with van der Waals surface area (Å²) < 4.78 is 32.0. The van der Waals surface area contributed by atoms with Gasteiger partial charge >= 0.3 is 0 Å². The van der Waals surface area contributed by atoms with Crippen LogP contribution in [-0.2, 0) is 20.5 Å². The van der Waals surface area contributed by atoms with Gasteiger partial charge in [-0.2, -0.15) is 0 Å². The average Bonchev–Trinajstić information content (AvgIpc) is 2.33. The Morgan fingerprint density at radius 1 is 1.26 bits per heavy atom. The van der Waals surface area contributed by atoms with Gasteiger partial charge in [-0.05, 0) is 18.4 Å². The highest BCUT2D eigenvalue weighted by molar-refractivity contribution is 7.88. The Labute approximate surface area is 115 Å². The van der Waals surface area contributed by atoms with Crippen LogP contribution in [0.3, 0.4) is 0 Å². The van der Waals surface area contributed by atoms with Gasteiger partial charge in [0.05, 0.1) is 12.4 Å². The first-order chi connectivity index (χ1) is 9.05. The first-order valence-electron chi connectivity index (χ1n) is 6.56. The van der Waals surface area contributed by atoms with Crippen molar-refractivity contribution < 1.29 is 13.2 Å². The van der Waals surface area contributed by atoms with Gasteiger partial charge in [0.1, 0.15) is 0 Å². The van der Waals surface area contributed by atoms with Crippen LogP contribution < -0.4 is 4.72 Å². The maximum Gasteiger partial charge on any atom is 0.215 e. The molecule has 2 rings (SSSR count). The first-order valence-corrected chi connectivity index (χ1v) is 8.21. The highest BCUT2D eigenvalue weighted by Gasteiger charge is 2.37. The van der Waals surface area contributed by atoms with Crippen LogP contribution >= 0.6 is 0 Å². The molecule has 1 aliphatic rings. The van der Waals surface area contributed by atoms with Gasteiger partial charge in [0, 0.05) is 19.1 Å². The summed E-state index contributed by atoms with van der Waals surface area (Å²) >= 11 is 0. The predicted octanol–water partition coefficient (Wildman–Crippen LogP) is 1.92. The summed E-state index contributed by atoms with van der Waals surface area (Å²) in [6, 6.07) is 9.24. The molecule has 0 spiro atoms. The number of methoxy groups -OCH3 is 1. The van der Waals surface area contributed by atoms with Gasteiger partial charge in [-0.25, -0.2) is 13.1 Å². The normalized spacial score (nSPS) is 17.9. The maximum atomic E-state index is 12.0. The molecule has 0 saturated heterocycles. The van der Waals surface area contributed by atoms with E-state index < -0.39 is 10.0 Å². The first kappa shape index (κ1) is 14.5. The monoisotopic (exact) mass is 283 g/mol. The van der Waals surface area contributed by atoms with E-state index in [0.717, 1.165) is 24.8 Å². The highest BCUT2D eigenvalue weighted by Crippen LogP contribution is 2.40. The number of hydrogen-bond donors (Lipinski definition) is 1. The Balaban J connectivity index is 1.91. The fourth-order valence-electron chi connectivity index (χ4n) is 2.46. The fraction of sp³-hybridized carbons (Fsp3) is 0.571. The molecule has 1 saturated carbocycles. The van der Waals surface area contributed by atoms with E-state index in [2.05, 4.69) is 4.72 Å². The Morgan fingerprint density at radius 2 is 1.95 bits per heavy atom. The minimum Gasteiger partial charge on any atom is -0.384 e. The molecule has 0 aliphatic heterocycles. The zero-order valence-electron chi connectivity index (χ0n) is 11.3. The SMILES string of the molecule is COCC1(CNS(=O)(=O)Cc2ccccc2)CCC1. The molecule has 1 aromatic rings. The Hall–Kier alpha value is -0.910. The number of benzene rings is 1. The number of sulfonamides is 1. The number of hydrogen-bond acceptors (Lipinski definition) is 3. The molecule has 4 nitrogen and oxygen atoms in total. The maximum absolute atomic E-state index is 12.0. The van der Waals surface area contributed by atoms with Gasteiger partial charge in [0.2, 0.25) is 10.0 Å². The Bertz CT molecular complexity index is 495. The van der Waals surface area contributed by atoms with Crippen molar-refractivity contribution in [3.8, 4) is 0 Å². The van der Waals surface area contributed by atoms with Gasteiger partial charge in [-0.15, -0.1) is 0 Å². The topological polar surface area (TPSA) is 55.4 Å². The number of ether oxygens (including phenoxy) is 1. The molecule has 0 atom stereocenters. The van der Waals surface area contributed by atoms with E-state index in [1.54, 1.807) is 7.11 Å². The van der Waals surface area contributed by atoms with Crippen LogP contribution in [0.4, 0.5) is 0 Å². The summed E-state index contributed by atoms with van der Waals surface area (Å²) in [6.45, 7) is 1.11. The summed E-state index contributed by atoms with van der Waals surface area (Å²) in [5.41, 5.74) is 0.822. The van der Waals surface area contributed by atoms with Gasteiger partial charge in [-0.3, -0.25) is 0 Å². The largest absolute Gasteiger partial charge is 0.384 e. The van der Waals surface area contributed by atoms with Crippen molar-refractivity contribution in [2.75, 3.05) is 20.3 Å². The van der Waals surface area contributed by atoms with Gasteiger partial charge < -0.3 is 4.74 Å². The summed E-state index contributed by atoms with van der Waals surface area (Å²) in [6.07, 6.45) is 3.23. The van der Waals surface area contributed by atoms with Crippen LogP contribution in [0.1, 0.15) is 24.8 Å². The van der Waals surface area contributed by atoms with Crippen molar-refractivity contribution in [3.05, 3.63) is 35.9 Å². The minimum atomic E-state index is -3.27. The van der Waals surface area contributed by atoms with Crippen molar-refractivity contribution in [3.63, 3.8) is 0 Å². The third kappa shape index (κ3) is 4.03. The van der Waals surface area contributed by atoms with Gasteiger partial charge in [0.25, 0.3) is 0 Å². The second-order valence-electron chi connectivity index (χ2n) is 5.35. The Kier molecular flexibility index (Phi) is 4.60. The predicted molar refractivity (Wildman–Crippen MR) is 75.2 cm³/mol. The van der Waals surface area contributed by atoms with E-state index in [1.165, 1.54) is 0 Å². The highest BCUT2D eigenvalue weighted by atomic mass is 32.2. The number of rotatable bonds is 7. The minimum absolute atomic E-state index is 0.0124. The average molecular weight is 283 g/mol. The fourth-order valence-corrected chi connectivity index (χ4v) is 3.72. The van der Waals surface area contributed by atoms with E-state index in [9.17, 15) is 8.42 Å². The molecule has 0 unspecified atom stereocenters.